The Kier molecular flexibility index (Phi) is 8.84. The molecule has 0 fully saturated rings. The number of furan rings is 1. The van der Waals surface area contributed by atoms with Crippen molar-refractivity contribution >= 4 is 23.1 Å². The van der Waals surface area contributed by atoms with Gasteiger partial charge in [-0.25, -0.2) is 18.6 Å². The molecule has 2 amide bonds. The molecule has 266 valence electrons. The molecule has 0 radical (unpaired) electrons. The van der Waals surface area contributed by atoms with E-state index in [1.807, 2.05) is 56.3 Å². The van der Waals surface area contributed by atoms with E-state index in [1.54, 1.807) is 51.8 Å². The molecule has 2 N–H and O–H groups in total. The van der Waals surface area contributed by atoms with Crippen molar-refractivity contribution in [3.63, 3.8) is 0 Å². The summed E-state index contributed by atoms with van der Waals surface area (Å²) >= 11 is 0. The van der Waals surface area contributed by atoms with Gasteiger partial charge in [0.15, 0.2) is 29.0 Å². The van der Waals surface area contributed by atoms with Gasteiger partial charge in [-0.1, -0.05) is 41.6 Å². The Bertz CT molecular complexity index is 2440. The van der Waals surface area contributed by atoms with Gasteiger partial charge in [-0.15, -0.1) is 5.10 Å². The molecule has 2 unspecified atom stereocenters. The lowest BCUT2D eigenvalue weighted by Crippen LogP contribution is -2.51. The van der Waals surface area contributed by atoms with Crippen LogP contribution in [-0.2, 0) is 13.0 Å². The number of benzene rings is 3. The van der Waals surface area contributed by atoms with Gasteiger partial charge in [-0.05, 0) is 80.4 Å². The second-order valence-corrected chi connectivity index (χ2v) is 12.8. The van der Waals surface area contributed by atoms with Crippen LogP contribution >= 0.6 is 0 Å². The summed E-state index contributed by atoms with van der Waals surface area (Å²) in [5.74, 6) is 0.744. The number of para-hydroxylation sites is 2. The highest BCUT2D eigenvalue weighted by Gasteiger charge is 2.31. The maximum Gasteiger partial charge on any atom is 0.287 e. The second kappa shape index (κ2) is 14.1. The van der Waals surface area contributed by atoms with Crippen molar-refractivity contribution in [2.75, 3.05) is 11.9 Å². The summed E-state index contributed by atoms with van der Waals surface area (Å²) in [6, 6.07) is 25.4. The summed E-state index contributed by atoms with van der Waals surface area (Å²) in [4.78, 5) is 31.0. The van der Waals surface area contributed by atoms with Gasteiger partial charge < -0.3 is 24.5 Å². The van der Waals surface area contributed by atoms with Gasteiger partial charge in [-0.2, -0.15) is 5.10 Å². The molecule has 5 heterocycles. The van der Waals surface area contributed by atoms with E-state index >= 15 is 0 Å². The van der Waals surface area contributed by atoms with Crippen molar-refractivity contribution in [2.45, 2.75) is 39.0 Å². The molecule has 3 aromatic carbocycles. The summed E-state index contributed by atoms with van der Waals surface area (Å²) in [7, 11) is 0. The Morgan fingerprint density at radius 2 is 1.75 bits per heavy atom. The second-order valence-electron chi connectivity index (χ2n) is 12.8. The Hall–Kier alpha value is -6.83. The van der Waals surface area contributed by atoms with Crippen molar-refractivity contribution in [2.24, 2.45) is 0 Å². The number of rotatable bonds is 10. The highest BCUT2D eigenvalue weighted by Crippen LogP contribution is 2.32. The molecule has 0 spiro atoms. The van der Waals surface area contributed by atoms with Gasteiger partial charge >= 0.3 is 0 Å². The van der Waals surface area contributed by atoms with Gasteiger partial charge in [0.2, 0.25) is 0 Å². The summed E-state index contributed by atoms with van der Waals surface area (Å²) < 4.78 is 34.9. The van der Waals surface area contributed by atoms with Crippen LogP contribution in [0.3, 0.4) is 0 Å². The number of aryl methyl sites for hydroxylation is 2. The van der Waals surface area contributed by atoms with Crippen LogP contribution in [0.2, 0.25) is 0 Å². The number of hydrogen-bond donors (Lipinski definition) is 2. The quantitative estimate of drug-likeness (QED) is 0.179. The molecular weight excluding hydrogens is 679 g/mol. The van der Waals surface area contributed by atoms with E-state index in [-0.39, 0.29) is 30.6 Å². The van der Waals surface area contributed by atoms with Crippen LogP contribution in [0.1, 0.15) is 43.6 Å². The molecule has 14 heteroatoms. The number of carbonyl (C=O) groups excluding carboxylic acids is 2. The summed E-state index contributed by atoms with van der Waals surface area (Å²) in [5.41, 5.74) is 5.40. The Balaban J connectivity index is 0.909. The fraction of sp³-hybridized carbons (Fsp3) is 0.179. The predicted molar refractivity (Wildman–Crippen MR) is 191 cm³/mol. The maximum atomic E-state index is 13.6. The smallest absolute Gasteiger partial charge is 0.287 e. The van der Waals surface area contributed by atoms with E-state index in [1.165, 1.54) is 18.3 Å². The molecule has 53 heavy (non-hydrogen) atoms. The first-order chi connectivity index (χ1) is 25.8. The Morgan fingerprint density at radius 1 is 0.962 bits per heavy atom. The van der Waals surface area contributed by atoms with E-state index in [9.17, 15) is 14.0 Å². The first-order valence-electron chi connectivity index (χ1n) is 16.9. The minimum atomic E-state index is -0.510. The first kappa shape index (κ1) is 33.3. The standard InChI is InChI=1S/C39H33FN8O5/c1-23-17-24(2)48-37(42-23)30(19-41-48)38(49)43-28-13-9-26(10-14-28)32-21-47(46-45-32)20-29-15-16-35(52-29)39(50)44-31(18-25-7-11-27(40)12-8-25)36-22-51-33-5-3-4-6-34(33)53-36/h3-17,19,21,31,36H,18,20,22H2,1-2H3,(H,43,49)(H,44,50). The SMILES string of the molecule is Cc1cc(C)n2ncc(C(=O)Nc3ccc(-c4cn(Cc5ccc(C(=O)NC(Cc6ccc(F)cc6)C6COc7ccccc7O6)o5)nn4)cc3)c2n1. The molecule has 0 aliphatic carbocycles. The maximum absolute atomic E-state index is 13.6. The van der Waals surface area contributed by atoms with Crippen LogP contribution in [0.15, 0.2) is 108 Å². The molecule has 2 atom stereocenters. The monoisotopic (exact) mass is 712 g/mol. The van der Waals surface area contributed by atoms with E-state index in [4.69, 9.17) is 13.9 Å². The number of halogens is 1. The molecule has 4 aromatic heterocycles. The molecule has 1 aliphatic heterocycles. The molecule has 0 saturated carbocycles. The van der Waals surface area contributed by atoms with Gasteiger partial charge in [0, 0.05) is 22.6 Å². The molecule has 0 bridgehead atoms. The van der Waals surface area contributed by atoms with Crippen molar-refractivity contribution in [1.82, 2.24) is 34.9 Å². The molecule has 8 rings (SSSR count). The predicted octanol–water partition coefficient (Wildman–Crippen LogP) is 5.82. The van der Waals surface area contributed by atoms with E-state index in [2.05, 4.69) is 31.0 Å². The highest BCUT2D eigenvalue weighted by atomic mass is 19.1. The van der Waals surface area contributed by atoms with Crippen LogP contribution in [-0.4, -0.2) is 60.2 Å². The fourth-order valence-electron chi connectivity index (χ4n) is 6.23. The van der Waals surface area contributed by atoms with Gasteiger partial charge in [0.05, 0.1) is 18.4 Å². The third-order valence-corrected chi connectivity index (χ3v) is 8.87. The topological polar surface area (TPSA) is 151 Å². The van der Waals surface area contributed by atoms with Crippen molar-refractivity contribution in [3.8, 4) is 22.8 Å². The number of aromatic nitrogens is 6. The molecular formula is C39H33FN8O5. The lowest BCUT2D eigenvalue weighted by atomic mass is 10.0. The average Bonchev–Trinajstić information content (AvgIpc) is 3.93. The van der Waals surface area contributed by atoms with Crippen LogP contribution < -0.4 is 20.1 Å². The number of nitrogens with zero attached hydrogens (tertiary/aromatic N) is 6. The Labute approximate surface area is 302 Å². The minimum Gasteiger partial charge on any atom is -0.486 e. The van der Waals surface area contributed by atoms with Gasteiger partial charge in [-0.3, -0.25) is 9.59 Å². The lowest BCUT2D eigenvalue weighted by molar-refractivity contribution is 0.0555. The minimum absolute atomic E-state index is 0.115. The first-order valence-corrected chi connectivity index (χ1v) is 16.9. The molecule has 13 nitrogen and oxygen atoms in total. The third-order valence-electron chi connectivity index (χ3n) is 8.87. The zero-order chi connectivity index (χ0) is 36.5. The summed E-state index contributed by atoms with van der Waals surface area (Å²) in [6.45, 7) is 4.24. The molecule has 1 aliphatic rings. The van der Waals surface area contributed by atoms with E-state index in [0.717, 1.165) is 22.5 Å². The number of fused-ring (bicyclic) bond motifs is 2. The number of anilines is 1. The van der Waals surface area contributed by atoms with Crippen molar-refractivity contribution in [3.05, 3.63) is 143 Å². The number of carbonyl (C=O) groups is 2. The largest absolute Gasteiger partial charge is 0.486 e. The van der Waals surface area contributed by atoms with Crippen molar-refractivity contribution < 1.29 is 27.9 Å². The van der Waals surface area contributed by atoms with E-state index in [0.29, 0.717) is 46.3 Å². The van der Waals surface area contributed by atoms with Crippen LogP contribution in [0.4, 0.5) is 10.1 Å². The lowest BCUT2D eigenvalue weighted by Gasteiger charge is -2.32. The van der Waals surface area contributed by atoms with Gasteiger partial charge in [0.1, 0.15) is 36.0 Å². The van der Waals surface area contributed by atoms with Crippen LogP contribution in [0.25, 0.3) is 16.9 Å². The Morgan fingerprint density at radius 3 is 2.57 bits per heavy atom. The normalized spacial score (nSPS) is 14.2. The number of nitrogens with one attached hydrogen (secondary N) is 2. The number of ether oxygens (including phenoxy) is 2. The summed E-state index contributed by atoms with van der Waals surface area (Å²) in [5, 5.41) is 18.8. The molecule has 0 saturated heterocycles. The third kappa shape index (κ3) is 7.19. The number of amides is 2. The summed E-state index contributed by atoms with van der Waals surface area (Å²) in [6.07, 6.45) is 3.15. The van der Waals surface area contributed by atoms with Crippen LogP contribution in [0.5, 0.6) is 11.5 Å². The molecule has 7 aromatic rings. The van der Waals surface area contributed by atoms with E-state index < -0.39 is 18.1 Å². The van der Waals surface area contributed by atoms with Gasteiger partial charge in [0.25, 0.3) is 11.8 Å². The average molecular weight is 713 g/mol. The zero-order valence-electron chi connectivity index (χ0n) is 28.7. The van der Waals surface area contributed by atoms with Crippen molar-refractivity contribution in [1.29, 1.82) is 0 Å². The zero-order valence-corrected chi connectivity index (χ0v) is 28.7. The fourth-order valence-corrected chi connectivity index (χ4v) is 6.23. The number of hydrogen-bond acceptors (Lipinski definition) is 9. The highest BCUT2D eigenvalue weighted by molar-refractivity contribution is 6.08. The van der Waals surface area contributed by atoms with Crippen LogP contribution in [0, 0.1) is 19.7 Å².